The van der Waals surface area contributed by atoms with Crippen molar-refractivity contribution in [3.8, 4) is 0 Å². The lowest BCUT2D eigenvalue weighted by Crippen LogP contribution is -2.38. The molecule has 2 N–H and O–H groups in total. The average molecular weight is 427 g/mol. The molecule has 0 aliphatic carbocycles. The van der Waals surface area contributed by atoms with Gasteiger partial charge in [0.05, 0.1) is 12.9 Å². The monoisotopic (exact) mass is 427 g/mol. The topological polar surface area (TPSA) is 54.2 Å². The second-order valence-corrected chi connectivity index (χ2v) is 5.35. The van der Waals surface area contributed by atoms with Crippen LogP contribution in [0.15, 0.2) is 41.9 Å². The highest BCUT2D eigenvalue weighted by Crippen LogP contribution is 2.11. The molecule has 0 atom stereocenters. The van der Waals surface area contributed by atoms with Crippen molar-refractivity contribution in [1.29, 1.82) is 0 Å². The molecule has 5 nitrogen and oxygen atoms in total. The highest BCUT2D eigenvalue weighted by molar-refractivity contribution is 14.0. The summed E-state index contributed by atoms with van der Waals surface area (Å²) >= 11 is 0. The Morgan fingerprint density at radius 3 is 2.74 bits per heavy atom. The zero-order valence-corrected chi connectivity index (χ0v) is 16.4. The van der Waals surface area contributed by atoms with Crippen molar-refractivity contribution in [2.75, 3.05) is 13.1 Å². The summed E-state index contributed by atoms with van der Waals surface area (Å²) in [5, 5.41) is 6.63. The Labute approximate surface area is 155 Å². The Bertz CT molecular complexity index is 607. The molecule has 0 fully saturated rings. The summed E-state index contributed by atoms with van der Waals surface area (Å²) in [5.74, 6) is 0.850. The first-order chi connectivity index (χ1) is 10.7. The molecule has 0 spiro atoms. The van der Waals surface area contributed by atoms with Gasteiger partial charge in [0.1, 0.15) is 0 Å². The van der Waals surface area contributed by atoms with Gasteiger partial charge in [0.15, 0.2) is 5.96 Å². The maximum absolute atomic E-state index is 4.66. The number of imidazole rings is 1. The molecule has 0 amide bonds. The van der Waals surface area contributed by atoms with Crippen LogP contribution in [0.2, 0.25) is 0 Å². The van der Waals surface area contributed by atoms with Gasteiger partial charge in [-0.1, -0.05) is 23.8 Å². The number of nitrogens with one attached hydrogen (secondary N) is 2. The average Bonchev–Trinajstić information content (AvgIpc) is 2.99. The summed E-state index contributed by atoms with van der Waals surface area (Å²) in [5.41, 5.74) is 3.84. The van der Waals surface area contributed by atoms with E-state index in [1.807, 2.05) is 17.1 Å². The van der Waals surface area contributed by atoms with Gasteiger partial charge in [0, 0.05) is 32.0 Å². The first-order valence-corrected chi connectivity index (χ1v) is 7.73. The van der Waals surface area contributed by atoms with Gasteiger partial charge in [-0.2, -0.15) is 0 Å². The number of aromatic nitrogens is 2. The van der Waals surface area contributed by atoms with E-state index in [-0.39, 0.29) is 24.0 Å². The summed E-state index contributed by atoms with van der Waals surface area (Å²) in [6.07, 6.45) is 5.57. The van der Waals surface area contributed by atoms with Crippen LogP contribution in [0.1, 0.15) is 23.6 Å². The van der Waals surface area contributed by atoms with Crippen molar-refractivity contribution in [3.05, 3.63) is 53.6 Å². The first kappa shape index (κ1) is 19.5. The molecule has 0 bridgehead atoms. The van der Waals surface area contributed by atoms with Gasteiger partial charge in [-0.15, -0.1) is 24.0 Å². The zero-order chi connectivity index (χ0) is 15.8. The Morgan fingerprint density at radius 1 is 1.26 bits per heavy atom. The maximum Gasteiger partial charge on any atom is 0.191 e. The summed E-state index contributed by atoms with van der Waals surface area (Å²) in [6.45, 7) is 9.54. The van der Waals surface area contributed by atoms with E-state index in [0.29, 0.717) is 6.54 Å². The first-order valence-electron chi connectivity index (χ1n) is 7.73. The molecule has 0 saturated heterocycles. The second kappa shape index (κ2) is 10.3. The molecule has 0 radical (unpaired) electrons. The highest BCUT2D eigenvalue weighted by Gasteiger charge is 2.00. The van der Waals surface area contributed by atoms with Crippen LogP contribution in [0.4, 0.5) is 0 Å². The number of aliphatic imine (C=N–C) groups is 1. The van der Waals surface area contributed by atoms with Crippen LogP contribution in [0.5, 0.6) is 0 Å². The van der Waals surface area contributed by atoms with Gasteiger partial charge >= 0.3 is 0 Å². The minimum Gasteiger partial charge on any atom is -0.357 e. The fourth-order valence-corrected chi connectivity index (χ4v) is 2.25. The van der Waals surface area contributed by atoms with Crippen molar-refractivity contribution in [3.63, 3.8) is 0 Å². The van der Waals surface area contributed by atoms with Gasteiger partial charge in [-0.05, 0) is 31.9 Å². The quantitative estimate of drug-likeness (QED) is 0.424. The number of benzene rings is 1. The fraction of sp³-hybridized carbons (Fsp3) is 0.412. The van der Waals surface area contributed by atoms with Gasteiger partial charge in [0.25, 0.3) is 0 Å². The summed E-state index contributed by atoms with van der Waals surface area (Å²) in [6, 6.07) is 6.49. The van der Waals surface area contributed by atoms with Gasteiger partial charge < -0.3 is 15.2 Å². The number of guanidine groups is 1. The third kappa shape index (κ3) is 6.60. The van der Waals surface area contributed by atoms with Crippen molar-refractivity contribution in [2.45, 2.75) is 33.9 Å². The van der Waals surface area contributed by atoms with E-state index >= 15 is 0 Å². The van der Waals surface area contributed by atoms with Crippen LogP contribution in [0.25, 0.3) is 0 Å². The minimum absolute atomic E-state index is 0. The smallest absolute Gasteiger partial charge is 0.191 e. The second-order valence-electron chi connectivity index (χ2n) is 5.35. The molecule has 0 aliphatic heterocycles. The molecular weight excluding hydrogens is 401 g/mol. The molecule has 1 heterocycles. The molecule has 2 aromatic rings. The number of rotatable bonds is 6. The van der Waals surface area contributed by atoms with E-state index in [1.54, 1.807) is 6.20 Å². The van der Waals surface area contributed by atoms with E-state index in [2.05, 4.69) is 59.6 Å². The van der Waals surface area contributed by atoms with Gasteiger partial charge in [-0.25, -0.2) is 9.98 Å². The molecule has 0 aliphatic rings. The third-order valence-corrected chi connectivity index (χ3v) is 3.47. The fourth-order valence-electron chi connectivity index (χ4n) is 2.25. The Kier molecular flexibility index (Phi) is 8.68. The molecule has 0 saturated carbocycles. The van der Waals surface area contributed by atoms with Crippen LogP contribution in [0, 0.1) is 13.8 Å². The molecule has 2 rings (SSSR count). The number of hydrogen-bond acceptors (Lipinski definition) is 2. The molecule has 23 heavy (non-hydrogen) atoms. The molecule has 126 valence electrons. The lowest BCUT2D eigenvalue weighted by molar-refractivity contribution is 0.662. The lowest BCUT2D eigenvalue weighted by Gasteiger charge is -2.12. The van der Waals surface area contributed by atoms with E-state index in [9.17, 15) is 0 Å². The molecule has 6 heteroatoms. The van der Waals surface area contributed by atoms with Crippen molar-refractivity contribution in [2.24, 2.45) is 4.99 Å². The normalized spacial score (nSPS) is 11.0. The molecular formula is C17H26IN5. The van der Waals surface area contributed by atoms with Crippen molar-refractivity contribution < 1.29 is 0 Å². The summed E-state index contributed by atoms with van der Waals surface area (Å²) in [7, 11) is 0. The SMILES string of the molecule is CCNC(=NCc1ccc(C)cc1C)NCCn1ccnc1.I. The van der Waals surface area contributed by atoms with Crippen LogP contribution in [-0.2, 0) is 13.1 Å². The minimum atomic E-state index is 0. The van der Waals surface area contributed by atoms with E-state index in [1.165, 1.54) is 16.7 Å². The van der Waals surface area contributed by atoms with Gasteiger partial charge in [-0.3, -0.25) is 0 Å². The Hall–Kier alpha value is -1.57. The van der Waals surface area contributed by atoms with Crippen LogP contribution in [0.3, 0.4) is 0 Å². The van der Waals surface area contributed by atoms with Crippen LogP contribution in [-0.4, -0.2) is 28.6 Å². The highest BCUT2D eigenvalue weighted by atomic mass is 127. The standard InChI is InChI=1S/C17H25N5.HI/c1-4-19-17(20-8-10-22-9-7-18-13-22)21-12-16-6-5-14(2)11-15(16)3;/h5-7,9,11,13H,4,8,10,12H2,1-3H3,(H2,19,20,21);1H. The Balaban J connectivity index is 0.00000264. The summed E-state index contributed by atoms with van der Waals surface area (Å²) < 4.78 is 2.04. The number of nitrogens with zero attached hydrogens (tertiary/aromatic N) is 3. The van der Waals surface area contributed by atoms with E-state index in [4.69, 9.17) is 0 Å². The zero-order valence-electron chi connectivity index (χ0n) is 14.0. The number of aryl methyl sites for hydroxylation is 2. The lowest BCUT2D eigenvalue weighted by atomic mass is 10.1. The Morgan fingerprint density at radius 2 is 2.09 bits per heavy atom. The third-order valence-electron chi connectivity index (χ3n) is 3.47. The van der Waals surface area contributed by atoms with Crippen LogP contribution >= 0.6 is 24.0 Å². The predicted octanol–water partition coefficient (Wildman–Crippen LogP) is 2.87. The van der Waals surface area contributed by atoms with Gasteiger partial charge in [0.2, 0.25) is 0 Å². The van der Waals surface area contributed by atoms with Crippen molar-refractivity contribution in [1.82, 2.24) is 20.2 Å². The van der Waals surface area contributed by atoms with Crippen molar-refractivity contribution >= 4 is 29.9 Å². The predicted molar refractivity (Wildman–Crippen MR) is 106 cm³/mol. The van der Waals surface area contributed by atoms with E-state index < -0.39 is 0 Å². The number of halogens is 1. The molecule has 1 aromatic carbocycles. The van der Waals surface area contributed by atoms with Crippen LogP contribution < -0.4 is 10.6 Å². The molecule has 0 unspecified atom stereocenters. The maximum atomic E-state index is 4.66. The summed E-state index contributed by atoms with van der Waals surface area (Å²) in [4.78, 5) is 8.70. The largest absolute Gasteiger partial charge is 0.357 e. The molecule has 1 aromatic heterocycles. The number of hydrogen-bond donors (Lipinski definition) is 2. The van der Waals surface area contributed by atoms with E-state index in [0.717, 1.165) is 25.6 Å².